The van der Waals surface area contributed by atoms with Gasteiger partial charge in [0.1, 0.15) is 6.04 Å². The summed E-state index contributed by atoms with van der Waals surface area (Å²) in [6.07, 6.45) is 1.66. The number of amides is 1. The van der Waals surface area contributed by atoms with Crippen molar-refractivity contribution in [3.8, 4) is 0 Å². The summed E-state index contributed by atoms with van der Waals surface area (Å²) in [7, 11) is 0. The van der Waals surface area contributed by atoms with Crippen LogP contribution in [-0.4, -0.2) is 18.2 Å². The van der Waals surface area contributed by atoms with Crippen LogP contribution in [0.1, 0.15) is 37.8 Å². The highest BCUT2D eigenvalue weighted by Crippen LogP contribution is 2.19. The molecule has 138 valence electrons. The molecule has 0 aliphatic heterocycles. The summed E-state index contributed by atoms with van der Waals surface area (Å²) in [5, 5.41) is 9.59. The highest BCUT2D eigenvalue weighted by Gasteiger charge is 2.11. The monoisotopic (exact) mass is 359 g/mol. The molecule has 0 radical (unpaired) electrons. The van der Waals surface area contributed by atoms with Crippen LogP contribution in [0.3, 0.4) is 0 Å². The second-order valence-corrected chi connectivity index (χ2v) is 6.98. The van der Waals surface area contributed by atoms with Gasteiger partial charge in [-0.2, -0.15) is 5.10 Å². The van der Waals surface area contributed by atoms with Crippen LogP contribution in [0.25, 0.3) is 10.8 Å². The van der Waals surface area contributed by atoms with E-state index in [9.17, 15) is 4.79 Å². The van der Waals surface area contributed by atoms with E-state index in [0.29, 0.717) is 5.92 Å². The number of nitrogens with one attached hydrogen (secondary N) is 2. The van der Waals surface area contributed by atoms with Crippen molar-refractivity contribution in [2.75, 3.05) is 5.32 Å². The first-order valence-electron chi connectivity index (χ1n) is 9.21. The van der Waals surface area contributed by atoms with E-state index in [1.807, 2.05) is 49.4 Å². The average molecular weight is 359 g/mol. The van der Waals surface area contributed by atoms with E-state index in [4.69, 9.17) is 0 Å². The van der Waals surface area contributed by atoms with Crippen molar-refractivity contribution < 1.29 is 4.79 Å². The summed E-state index contributed by atoms with van der Waals surface area (Å²) in [6, 6.07) is 22.0. The maximum atomic E-state index is 12.3. The Morgan fingerprint density at radius 1 is 0.926 bits per heavy atom. The van der Waals surface area contributed by atoms with Crippen molar-refractivity contribution in [1.29, 1.82) is 0 Å². The van der Waals surface area contributed by atoms with Gasteiger partial charge in [0.15, 0.2) is 0 Å². The number of hydrogen-bond donors (Lipinski definition) is 2. The van der Waals surface area contributed by atoms with Crippen LogP contribution >= 0.6 is 0 Å². The summed E-state index contributed by atoms with van der Waals surface area (Å²) in [6.45, 7) is 6.14. The van der Waals surface area contributed by atoms with E-state index in [-0.39, 0.29) is 5.91 Å². The highest BCUT2D eigenvalue weighted by atomic mass is 16.2. The van der Waals surface area contributed by atoms with E-state index >= 15 is 0 Å². The number of rotatable bonds is 6. The molecule has 3 aromatic carbocycles. The molecule has 1 unspecified atom stereocenters. The van der Waals surface area contributed by atoms with Gasteiger partial charge >= 0.3 is 0 Å². The molecule has 0 spiro atoms. The molecule has 2 N–H and O–H groups in total. The smallest absolute Gasteiger partial charge is 0.262 e. The minimum absolute atomic E-state index is 0.182. The average Bonchev–Trinajstić information content (AvgIpc) is 2.68. The first-order chi connectivity index (χ1) is 13.0. The summed E-state index contributed by atoms with van der Waals surface area (Å²) in [5.41, 5.74) is 5.74. The molecule has 27 heavy (non-hydrogen) atoms. The molecule has 0 saturated heterocycles. The zero-order valence-electron chi connectivity index (χ0n) is 15.9. The first kappa shape index (κ1) is 18.6. The summed E-state index contributed by atoms with van der Waals surface area (Å²) < 4.78 is 0. The summed E-state index contributed by atoms with van der Waals surface area (Å²) >= 11 is 0. The highest BCUT2D eigenvalue weighted by molar-refractivity contribution is 5.89. The quantitative estimate of drug-likeness (QED) is 0.485. The largest absolute Gasteiger partial charge is 0.374 e. The second-order valence-electron chi connectivity index (χ2n) is 6.98. The fraction of sp³-hybridized carbons (Fsp3) is 0.217. The van der Waals surface area contributed by atoms with Crippen LogP contribution in [0.15, 0.2) is 71.8 Å². The Balaban J connectivity index is 1.56. The Morgan fingerprint density at radius 2 is 1.63 bits per heavy atom. The molecular weight excluding hydrogens is 334 g/mol. The predicted octanol–water partition coefficient (Wildman–Crippen LogP) is 4.91. The minimum Gasteiger partial charge on any atom is -0.374 e. The molecule has 0 aliphatic carbocycles. The molecule has 0 saturated carbocycles. The van der Waals surface area contributed by atoms with E-state index in [1.54, 1.807) is 6.21 Å². The molecule has 0 aromatic heterocycles. The molecular formula is C23H25N3O. The fourth-order valence-electron chi connectivity index (χ4n) is 2.83. The molecule has 0 aliphatic rings. The lowest BCUT2D eigenvalue weighted by atomic mass is 10.0. The molecule has 4 heteroatoms. The molecule has 4 nitrogen and oxygen atoms in total. The Morgan fingerprint density at radius 3 is 2.33 bits per heavy atom. The lowest BCUT2D eigenvalue weighted by molar-refractivity contribution is -0.121. The summed E-state index contributed by atoms with van der Waals surface area (Å²) in [4.78, 5) is 12.3. The zero-order valence-corrected chi connectivity index (χ0v) is 15.9. The number of nitrogens with zero attached hydrogens (tertiary/aromatic N) is 1. The summed E-state index contributed by atoms with van der Waals surface area (Å²) in [5.74, 6) is 0.316. The molecule has 0 fully saturated rings. The van der Waals surface area contributed by atoms with Crippen molar-refractivity contribution in [2.45, 2.75) is 32.7 Å². The van der Waals surface area contributed by atoms with Gasteiger partial charge in [-0.05, 0) is 46.9 Å². The molecule has 1 amide bonds. The maximum absolute atomic E-state index is 12.3. The van der Waals surface area contributed by atoms with Crippen LogP contribution in [0.4, 0.5) is 5.69 Å². The van der Waals surface area contributed by atoms with Gasteiger partial charge in [0.05, 0.1) is 6.21 Å². The van der Waals surface area contributed by atoms with Crippen LogP contribution < -0.4 is 10.7 Å². The van der Waals surface area contributed by atoms with Crippen molar-refractivity contribution in [1.82, 2.24) is 5.43 Å². The molecule has 1 atom stereocenters. The third-order valence-corrected chi connectivity index (χ3v) is 4.52. The predicted molar refractivity (Wildman–Crippen MR) is 113 cm³/mol. The van der Waals surface area contributed by atoms with Crippen molar-refractivity contribution in [3.05, 3.63) is 77.9 Å². The second kappa shape index (κ2) is 8.49. The fourth-order valence-corrected chi connectivity index (χ4v) is 2.83. The first-order valence-corrected chi connectivity index (χ1v) is 9.21. The Labute approximate surface area is 160 Å². The number of carbonyl (C=O) groups excluding carboxylic acids is 1. The van der Waals surface area contributed by atoms with Gasteiger partial charge in [0, 0.05) is 5.69 Å². The number of carbonyl (C=O) groups is 1. The van der Waals surface area contributed by atoms with Gasteiger partial charge in [-0.15, -0.1) is 0 Å². The molecule has 0 bridgehead atoms. The molecule has 3 rings (SSSR count). The normalized spacial score (nSPS) is 12.4. The lowest BCUT2D eigenvalue weighted by Gasteiger charge is -2.14. The zero-order chi connectivity index (χ0) is 19.2. The third kappa shape index (κ3) is 4.94. The minimum atomic E-state index is -0.397. The van der Waals surface area contributed by atoms with E-state index < -0.39 is 6.04 Å². The number of hydrogen-bond acceptors (Lipinski definition) is 3. The topological polar surface area (TPSA) is 53.5 Å². The number of anilines is 1. The standard InChI is InChI=1S/C23H25N3O/c1-16(2)19-10-8-18(9-11-19)15-24-26-23(27)17(3)25-22-13-12-20-6-4-5-7-21(20)14-22/h4-17,25H,1-3H3,(H,26,27)/b24-15+. The van der Waals surface area contributed by atoms with E-state index in [0.717, 1.165) is 16.6 Å². The van der Waals surface area contributed by atoms with Crippen molar-refractivity contribution >= 4 is 28.6 Å². The SMILES string of the molecule is CC(Nc1ccc2ccccc2c1)C(=O)N/N=C/c1ccc(C(C)C)cc1. The Kier molecular flexibility index (Phi) is 5.87. The van der Waals surface area contributed by atoms with Crippen LogP contribution in [-0.2, 0) is 4.79 Å². The van der Waals surface area contributed by atoms with Crippen LogP contribution in [0.5, 0.6) is 0 Å². The van der Waals surface area contributed by atoms with Crippen molar-refractivity contribution in [3.63, 3.8) is 0 Å². The van der Waals surface area contributed by atoms with Gasteiger partial charge < -0.3 is 5.32 Å². The number of hydrazone groups is 1. The van der Waals surface area contributed by atoms with E-state index in [2.05, 4.69) is 54.0 Å². The van der Waals surface area contributed by atoms with Gasteiger partial charge in [0.2, 0.25) is 0 Å². The molecule has 3 aromatic rings. The van der Waals surface area contributed by atoms with Crippen LogP contribution in [0.2, 0.25) is 0 Å². The maximum Gasteiger partial charge on any atom is 0.262 e. The Bertz CT molecular complexity index is 945. The molecule has 0 heterocycles. The number of benzene rings is 3. The van der Waals surface area contributed by atoms with Gasteiger partial charge in [0.25, 0.3) is 5.91 Å². The van der Waals surface area contributed by atoms with Gasteiger partial charge in [-0.25, -0.2) is 5.43 Å². The van der Waals surface area contributed by atoms with Crippen molar-refractivity contribution in [2.24, 2.45) is 5.10 Å². The van der Waals surface area contributed by atoms with Gasteiger partial charge in [-0.3, -0.25) is 4.79 Å². The number of fused-ring (bicyclic) bond motifs is 1. The third-order valence-electron chi connectivity index (χ3n) is 4.52. The Hall–Kier alpha value is -3.14. The lowest BCUT2D eigenvalue weighted by Crippen LogP contribution is -2.34. The van der Waals surface area contributed by atoms with E-state index in [1.165, 1.54) is 10.9 Å². The van der Waals surface area contributed by atoms with Crippen LogP contribution in [0, 0.1) is 0 Å². The van der Waals surface area contributed by atoms with Gasteiger partial charge in [-0.1, -0.05) is 68.4 Å².